The maximum atomic E-state index is 10.3. The molecule has 0 radical (unpaired) electrons. The van der Waals surface area contributed by atoms with E-state index in [2.05, 4.69) is 45.0 Å². The molecule has 1 aromatic rings. The minimum absolute atomic E-state index is 0.0563. The molecule has 0 saturated heterocycles. The van der Waals surface area contributed by atoms with E-state index in [4.69, 9.17) is 11.6 Å². The second-order valence-corrected chi connectivity index (χ2v) is 5.61. The zero-order valence-corrected chi connectivity index (χ0v) is 10.9. The molecule has 0 aliphatic rings. The topological polar surface area (TPSA) is 17.1 Å². The van der Waals surface area contributed by atoms with Crippen molar-refractivity contribution in [3.05, 3.63) is 35.4 Å². The van der Waals surface area contributed by atoms with E-state index in [1.807, 2.05) is 0 Å². The summed E-state index contributed by atoms with van der Waals surface area (Å²) in [4.78, 5) is 10.3. The van der Waals surface area contributed by atoms with Crippen LogP contribution in [0, 0.1) is 0 Å². The van der Waals surface area contributed by atoms with Gasteiger partial charge in [-0.3, -0.25) is 0 Å². The highest BCUT2D eigenvalue weighted by Crippen LogP contribution is 2.28. The number of halogens is 1. The van der Waals surface area contributed by atoms with Gasteiger partial charge in [0.15, 0.2) is 0 Å². The Morgan fingerprint density at radius 2 is 1.81 bits per heavy atom. The van der Waals surface area contributed by atoms with Gasteiger partial charge in [-0.1, -0.05) is 45.0 Å². The van der Waals surface area contributed by atoms with Crippen LogP contribution in [-0.2, 0) is 10.2 Å². The smallest absolute Gasteiger partial charge is 0.120 e. The van der Waals surface area contributed by atoms with E-state index in [0.29, 0.717) is 12.8 Å². The lowest BCUT2D eigenvalue weighted by molar-refractivity contribution is -0.107. The Hall–Kier alpha value is -0.820. The van der Waals surface area contributed by atoms with Crippen LogP contribution in [-0.4, -0.2) is 6.29 Å². The number of hydrogen-bond donors (Lipinski definition) is 0. The summed E-state index contributed by atoms with van der Waals surface area (Å²) in [5, 5.41) is -0.0563. The third-order valence-corrected chi connectivity index (χ3v) is 3.15. The van der Waals surface area contributed by atoms with Crippen molar-refractivity contribution in [2.45, 2.75) is 44.4 Å². The molecule has 0 aliphatic carbocycles. The molecule has 16 heavy (non-hydrogen) atoms. The van der Waals surface area contributed by atoms with Gasteiger partial charge in [-0.25, -0.2) is 0 Å². The number of carbonyl (C=O) groups excluding carboxylic acids is 1. The van der Waals surface area contributed by atoms with Crippen molar-refractivity contribution in [1.82, 2.24) is 0 Å². The summed E-state index contributed by atoms with van der Waals surface area (Å²) >= 11 is 6.19. The first-order chi connectivity index (χ1) is 7.45. The van der Waals surface area contributed by atoms with Crippen LogP contribution in [0.5, 0.6) is 0 Å². The van der Waals surface area contributed by atoms with E-state index in [-0.39, 0.29) is 10.8 Å². The molecule has 1 atom stereocenters. The summed E-state index contributed by atoms with van der Waals surface area (Å²) in [5.41, 5.74) is 2.57. The fraction of sp³-hybridized carbons (Fsp3) is 0.500. The van der Waals surface area contributed by atoms with Gasteiger partial charge < -0.3 is 4.79 Å². The number of rotatable bonds is 4. The molecule has 1 aromatic carbocycles. The molecular weight excluding hydrogens is 220 g/mol. The van der Waals surface area contributed by atoms with Crippen LogP contribution in [0.15, 0.2) is 24.3 Å². The average Bonchev–Trinajstić information content (AvgIpc) is 2.25. The number of carbonyl (C=O) groups is 1. The lowest BCUT2D eigenvalue weighted by Gasteiger charge is -2.19. The lowest BCUT2D eigenvalue weighted by atomic mass is 9.86. The SMILES string of the molecule is CC(C)(C)c1ccc(C(Cl)CCC=O)cc1. The summed E-state index contributed by atoms with van der Waals surface area (Å²) in [5.74, 6) is 0. The van der Waals surface area contributed by atoms with E-state index in [9.17, 15) is 4.79 Å². The van der Waals surface area contributed by atoms with Crippen molar-refractivity contribution in [3.8, 4) is 0 Å². The Morgan fingerprint density at radius 3 is 2.25 bits per heavy atom. The monoisotopic (exact) mass is 238 g/mol. The second kappa shape index (κ2) is 5.49. The maximum Gasteiger partial charge on any atom is 0.120 e. The summed E-state index contributed by atoms with van der Waals surface area (Å²) in [6, 6.07) is 8.35. The van der Waals surface area contributed by atoms with E-state index in [1.54, 1.807) is 0 Å². The van der Waals surface area contributed by atoms with Crippen LogP contribution in [0.3, 0.4) is 0 Å². The third kappa shape index (κ3) is 3.64. The Morgan fingerprint density at radius 1 is 1.25 bits per heavy atom. The van der Waals surface area contributed by atoms with Crippen molar-refractivity contribution in [3.63, 3.8) is 0 Å². The number of aldehydes is 1. The fourth-order valence-corrected chi connectivity index (χ4v) is 1.84. The molecule has 0 bridgehead atoms. The van der Waals surface area contributed by atoms with Gasteiger partial charge in [-0.05, 0) is 23.0 Å². The Balaban J connectivity index is 2.74. The van der Waals surface area contributed by atoms with Crippen LogP contribution in [0.4, 0.5) is 0 Å². The highest BCUT2D eigenvalue weighted by molar-refractivity contribution is 6.20. The van der Waals surface area contributed by atoms with Crippen LogP contribution < -0.4 is 0 Å². The Labute approximate surface area is 103 Å². The summed E-state index contributed by atoms with van der Waals surface area (Å²) in [7, 11) is 0. The molecule has 0 saturated carbocycles. The molecule has 0 N–H and O–H groups in total. The molecule has 0 heterocycles. The van der Waals surface area contributed by atoms with Gasteiger partial charge in [-0.15, -0.1) is 11.6 Å². The van der Waals surface area contributed by atoms with Gasteiger partial charge in [0.1, 0.15) is 6.29 Å². The quantitative estimate of drug-likeness (QED) is 0.566. The summed E-state index contributed by atoms with van der Waals surface area (Å²) in [6.07, 6.45) is 2.15. The molecule has 0 aromatic heterocycles. The van der Waals surface area contributed by atoms with Crippen LogP contribution in [0.25, 0.3) is 0 Å². The largest absolute Gasteiger partial charge is 0.303 e. The van der Waals surface area contributed by atoms with Gasteiger partial charge in [0.25, 0.3) is 0 Å². The Kier molecular flexibility index (Phi) is 4.55. The standard InChI is InChI=1S/C14H19ClO/c1-14(2,3)12-8-6-11(7-9-12)13(15)5-4-10-16/h6-10,13H,4-5H2,1-3H3. The van der Waals surface area contributed by atoms with Gasteiger partial charge in [-0.2, -0.15) is 0 Å². The van der Waals surface area contributed by atoms with Gasteiger partial charge in [0, 0.05) is 6.42 Å². The highest BCUT2D eigenvalue weighted by atomic mass is 35.5. The second-order valence-electron chi connectivity index (χ2n) is 5.08. The predicted octanol–water partition coefficient (Wildman–Crippen LogP) is 4.24. The van der Waals surface area contributed by atoms with Crippen molar-refractivity contribution >= 4 is 17.9 Å². The molecule has 0 amide bonds. The Bertz CT molecular complexity index is 335. The summed E-state index contributed by atoms with van der Waals surface area (Å²) < 4.78 is 0. The zero-order chi connectivity index (χ0) is 12.2. The normalized spacial score (nSPS) is 13.5. The first kappa shape index (κ1) is 13.2. The van der Waals surface area contributed by atoms with E-state index < -0.39 is 0 Å². The minimum Gasteiger partial charge on any atom is -0.303 e. The fourth-order valence-electron chi connectivity index (χ4n) is 1.57. The van der Waals surface area contributed by atoms with Crippen LogP contribution in [0.2, 0.25) is 0 Å². The molecule has 0 fully saturated rings. The van der Waals surface area contributed by atoms with Gasteiger partial charge in [0.2, 0.25) is 0 Å². The maximum absolute atomic E-state index is 10.3. The predicted molar refractivity (Wildman–Crippen MR) is 69.0 cm³/mol. The van der Waals surface area contributed by atoms with Crippen molar-refractivity contribution < 1.29 is 4.79 Å². The number of benzene rings is 1. The molecular formula is C14H19ClO. The number of hydrogen-bond acceptors (Lipinski definition) is 1. The van der Waals surface area contributed by atoms with Gasteiger partial charge >= 0.3 is 0 Å². The molecule has 0 spiro atoms. The van der Waals surface area contributed by atoms with Gasteiger partial charge in [0.05, 0.1) is 5.38 Å². The van der Waals surface area contributed by atoms with Crippen LogP contribution >= 0.6 is 11.6 Å². The molecule has 1 rings (SSSR count). The van der Waals surface area contributed by atoms with E-state index in [0.717, 1.165) is 11.8 Å². The van der Waals surface area contributed by atoms with Crippen molar-refractivity contribution in [2.24, 2.45) is 0 Å². The molecule has 88 valence electrons. The highest BCUT2D eigenvalue weighted by Gasteiger charge is 2.14. The van der Waals surface area contributed by atoms with Crippen molar-refractivity contribution in [1.29, 1.82) is 0 Å². The molecule has 1 unspecified atom stereocenters. The average molecular weight is 239 g/mol. The van der Waals surface area contributed by atoms with Crippen molar-refractivity contribution in [2.75, 3.05) is 0 Å². The third-order valence-electron chi connectivity index (χ3n) is 2.68. The van der Waals surface area contributed by atoms with E-state index in [1.165, 1.54) is 5.56 Å². The first-order valence-electron chi connectivity index (χ1n) is 5.63. The lowest BCUT2D eigenvalue weighted by Crippen LogP contribution is -2.10. The summed E-state index contributed by atoms with van der Waals surface area (Å²) in [6.45, 7) is 6.56. The van der Waals surface area contributed by atoms with E-state index >= 15 is 0 Å². The molecule has 1 nitrogen and oxygen atoms in total. The zero-order valence-electron chi connectivity index (χ0n) is 10.2. The number of alkyl halides is 1. The first-order valence-corrected chi connectivity index (χ1v) is 6.07. The van der Waals surface area contributed by atoms with Crippen LogP contribution in [0.1, 0.15) is 50.1 Å². The minimum atomic E-state index is -0.0563. The molecule has 2 heteroatoms. The molecule has 0 aliphatic heterocycles.